The third-order valence-electron chi connectivity index (χ3n) is 4.12. The second-order valence-corrected chi connectivity index (χ2v) is 7.96. The summed E-state index contributed by atoms with van der Waals surface area (Å²) in [7, 11) is -3.21. The number of Topliss-reactive ketones (excluding diaryl/α,β-unsaturated/α-hetero) is 1. The minimum Gasteiger partial charge on any atom is -0.294 e. The number of aryl methyl sites for hydroxylation is 1. The molecule has 0 heterocycles. The lowest BCUT2D eigenvalue weighted by Gasteiger charge is -2.09. The van der Waals surface area contributed by atoms with Crippen LogP contribution in [0.25, 0.3) is 11.1 Å². The fourth-order valence-electron chi connectivity index (χ4n) is 2.98. The van der Waals surface area contributed by atoms with Gasteiger partial charge < -0.3 is 0 Å². The average molecular weight is 326 g/mol. The molecule has 23 heavy (non-hydrogen) atoms. The van der Waals surface area contributed by atoms with Crippen molar-refractivity contribution in [2.45, 2.75) is 24.7 Å². The molecule has 0 aliphatic heterocycles. The highest BCUT2D eigenvalue weighted by Crippen LogP contribution is 2.37. The van der Waals surface area contributed by atoms with E-state index in [-0.39, 0.29) is 5.78 Å². The zero-order valence-corrected chi connectivity index (χ0v) is 14.0. The van der Waals surface area contributed by atoms with Crippen LogP contribution in [-0.4, -0.2) is 20.5 Å². The van der Waals surface area contributed by atoms with Gasteiger partial charge in [0.25, 0.3) is 0 Å². The van der Waals surface area contributed by atoms with Crippen LogP contribution in [0.5, 0.6) is 0 Å². The molecule has 0 N–H and O–H groups in total. The molecular formula is C19H18O3S. The summed E-state index contributed by atoms with van der Waals surface area (Å²) in [6, 6.07) is 14.7. The molecule has 0 saturated carbocycles. The average Bonchev–Trinajstić information content (AvgIpc) is 2.88. The molecule has 0 unspecified atom stereocenters. The van der Waals surface area contributed by atoms with Gasteiger partial charge >= 0.3 is 0 Å². The summed E-state index contributed by atoms with van der Waals surface area (Å²) >= 11 is 0. The maximum absolute atomic E-state index is 12.3. The van der Waals surface area contributed by atoms with Gasteiger partial charge in [0, 0.05) is 18.2 Å². The van der Waals surface area contributed by atoms with Crippen molar-refractivity contribution < 1.29 is 13.2 Å². The van der Waals surface area contributed by atoms with E-state index in [1.165, 1.54) is 6.26 Å². The van der Waals surface area contributed by atoms with Crippen LogP contribution in [0.1, 0.15) is 29.5 Å². The molecule has 0 bridgehead atoms. The Bertz CT molecular complexity index is 904. The monoisotopic (exact) mass is 326 g/mol. The molecule has 0 fully saturated rings. The molecule has 118 valence electrons. The number of ketones is 1. The van der Waals surface area contributed by atoms with Crippen molar-refractivity contribution in [3.8, 4) is 0 Å². The van der Waals surface area contributed by atoms with Crippen molar-refractivity contribution in [1.29, 1.82) is 0 Å². The van der Waals surface area contributed by atoms with Crippen LogP contribution in [0.2, 0.25) is 0 Å². The molecule has 1 aliphatic carbocycles. The summed E-state index contributed by atoms with van der Waals surface area (Å²) < 4.78 is 23.1. The van der Waals surface area contributed by atoms with Crippen LogP contribution in [-0.2, 0) is 14.6 Å². The van der Waals surface area contributed by atoms with E-state index < -0.39 is 9.84 Å². The molecule has 0 amide bonds. The zero-order chi connectivity index (χ0) is 16.6. The highest BCUT2D eigenvalue weighted by atomic mass is 32.2. The lowest BCUT2D eigenvalue weighted by Crippen LogP contribution is -1.98. The fraction of sp³-hybridized carbons (Fsp3) is 0.211. The van der Waals surface area contributed by atoms with Crippen LogP contribution in [0, 0.1) is 6.92 Å². The highest BCUT2D eigenvalue weighted by molar-refractivity contribution is 7.90. The largest absolute Gasteiger partial charge is 0.294 e. The minimum atomic E-state index is -3.21. The highest BCUT2D eigenvalue weighted by Gasteiger charge is 2.25. The first-order valence-electron chi connectivity index (χ1n) is 7.50. The van der Waals surface area contributed by atoms with Crippen molar-refractivity contribution in [2.75, 3.05) is 6.26 Å². The number of benzene rings is 2. The Labute approximate surface area is 136 Å². The van der Waals surface area contributed by atoms with Gasteiger partial charge in [-0.2, -0.15) is 0 Å². The van der Waals surface area contributed by atoms with Crippen LogP contribution < -0.4 is 0 Å². The Hall–Kier alpha value is -2.20. The standard InChI is InChI=1S/C19H18O3S/c1-13-4-3-5-15(12-13)19-17(10-11-18(19)20)14-6-8-16(9-7-14)23(2,21)22/h3-9,12H,10-11H2,1-2H3. The SMILES string of the molecule is Cc1cccc(C2=C(c3ccc(S(C)(=O)=O)cc3)CCC2=O)c1. The molecule has 0 saturated heterocycles. The maximum Gasteiger partial charge on any atom is 0.175 e. The van der Waals surface area contributed by atoms with E-state index in [1.807, 2.05) is 31.2 Å². The van der Waals surface area contributed by atoms with Crippen molar-refractivity contribution in [2.24, 2.45) is 0 Å². The summed E-state index contributed by atoms with van der Waals surface area (Å²) in [6.07, 6.45) is 2.39. The second kappa shape index (κ2) is 5.78. The minimum absolute atomic E-state index is 0.151. The third kappa shape index (κ3) is 3.13. The van der Waals surface area contributed by atoms with E-state index in [1.54, 1.807) is 24.3 Å². The molecule has 0 aromatic heterocycles. The Kier molecular flexibility index (Phi) is 3.94. The number of carbonyl (C=O) groups excluding carboxylic acids is 1. The molecule has 2 aromatic rings. The molecule has 0 radical (unpaired) electrons. The van der Waals surface area contributed by atoms with Crippen LogP contribution in [0.3, 0.4) is 0 Å². The number of sulfone groups is 1. The Morgan fingerprint density at radius 2 is 1.61 bits per heavy atom. The van der Waals surface area contributed by atoms with Crippen LogP contribution in [0.4, 0.5) is 0 Å². The maximum atomic E-state index is 12.3. The van der Waals surface area contributed by atoms with Gasteiger partial charge in [-0.25, -0.2) is 8.42 Å². The Morgan fingerprint density at radius 3 is 2.22 bits per heavy atom. The summed E-state index contributed by atoms with van der Waals surface area (Å²) in [5.74, 6) is 0.151. The normalized spacial score (nSPS) is 15.3. The first kappa shape index (κ1) is 15.7. The van der Waals surface area contributed by atoms with Gasteiger partial charge in [-0.05, 0) is 42.2 Å². The quantitative estimate of drug-likeness (QED) is 0.864. The van der Waals surface area contributed by atoms with Gasteiger partial charge in [-0.1, -0.05) is 42.0 Å². The van der Waals surface area contributed by atoms with Crippen LogP contribution in [0.15, 0.2) is 53.4 Å². The second-order valence-electron chi connectivity index (χ2n) is 5.94. The summed E-state index contributed by atoms with van der Waals surface area (Å²) in [5.41, 5.74) is 4.73. The van der Waals surface area contributed by atoms with E-state index in [2.05, 4.69) is 0 Å². The molecule has 1 aliphatic rings. The number of hydrogen-bond donors (Lipinski definition) is 0. The van der Waals surface area contributed by atoms with E-state index in [9.17, 15) is 13.2 Å². The third-order valence-corrected chi connectivity index (χ3v) is 5.25. The van der Waals surface area contributed by atoms with Crippen molar-refractivity contribution in [3.05, 3.63) is 65.2 Å². The lowest BCUT2D eigenvalue weighted by molar-refractivity contribution is -0.113. The fourth-order valence-corrected chi connectivity index (χ4v) is 3.62. The molecular weight excluding hydrogens is 308 g/mol. The first-order chi connectivity index (χ1) is 10.9. The van der Waals surface area contributed by atoms with E-state index in [0.717, 1.165) is 27.8 Å². The molecule has 4 heteroatoms. The molecule has 2 aromatic carbocycles. The topological polar surface area (TPSA) is 51.2 Å². The molecule has 0 atom stereocenters. The number of rotatable bonds is 3. The number of hydrogen-bond acceptors (Lipinski definition) is 3. The van der Waals surface area contributed by atoms with Gasteiger partial charge in [0.05, 0.1) is 4.90 Å². The van der Waals surface area contributed by atoms with Crippen molar-refractivity contribution in [3.63, 3.8) is 0 Å². The lowest BCUT2D eigenvalue weighted by atomic mass is 9.96. The van der Waals surface area contributed by atoms with Gasteiger partial charge in [0.1, 0.15) is 0 Å². The summed E-state index contributed by atoms with van der Waals surface area (Å²) in [5, 5.41) is 0. The summed E-state index contributed by atoms with van der Waals surface area (Å²) in [6.45, 7) is 2.00. The van der Waals surface area contributed by atoms with E-state index in [4.69, 9.17) is 0 Å². The van der Waals surface area contributed by atoms with Crippen molar-refractivity contribution >= 4 is 26.8 Å². The van der Waals surface area contributed by atoms with Gasteiger partial charge in [-0.15, -0.1) is 0 Å². The Morgan fingerprint density at radius 1 is 0.913 bits per heavy atom. The Balaban J connectivity index is 2.10. The predicted molar refractivity (Wildman–Crippen MR) is 91.8 cm³/mol. The van der Waals surface area contributed by atoms with E-state index in [0.29, 0.717) is 17.7 Å². The van der Waals surface area contributed by atoms with E-state index >= 15 is 0 Å². The van der Waals surface area contributed by atoms with Crippen LogP contribution >= 0.6 is 0 Å². The van der Waals surface area contributed by atoms with Gasteiger partial charge in [0.15, 0.2) is 15.6 Å². The number of allylic oxidation sites excluding steroid dienone is 2. The smallest absolute Gasteiger partial charge is 0.175 e. The molecule has 3 rings (SSSR count). The molecule has 3 nitrogen and oxygen atoms in total. The van der Waals surface area contributed by atoms with Gasteiger partial charge in [-0.3, -0.25) is 4.79 Å². The summed E-state index contributed by atoms with van der Waals surface area (Å²) in [4.78, 5) is 12.6. The zero-order valence-electron chi connectivity index (χ0n) is 13.2. The van der Waals surface area contributed by atoms with Crippen molar-refractivity contribution in [1.82, 2.24) is 0 Å². The molecule has 0 spiro atoms. The number of carbonyl (C=O) groups is 1. The first-order valence-corrected chi connectivity index (χ1v) is 9.39. The van der Waals surface area contributed by atoms with Gasteiger partial charge in [0.2, 0.25) is 0 Å². The predicted octanol–water partition coefficient (Wildman–Crippen LogP) is 3.67.